The zero-order valence-electron chi connectivity index (χ0n) is 14.7. The van der Waals surface area contributed by atoms with Crippen LogP contribution in [0.4, 0.5) is 10.5 Å². The predicted octanol–water partition coefficient (Wildman–Crippen LogP) is 4.05. The Kier molecular flexibility index (Phi) is 7.07. The second kappa shape index (κ2) is 8.56. The van der Waals surface area contributed by atoms with Crippen LogP contribution in [-0.4, -0.2) is 24.1 Å². The number of carbonyl (C=O) groups excluding carboxylic acids is 2. The summed E-state index contributed by atoms with van der Waals surface area (Å²) < 4.78 is 5.13. The quantitative estimate of drug-likeness (QED) is 0.777. The zero-order valence-corrected chi connectivity index (χ0v) is 14.7. The lowest BCUT2D eigenvalue weighted by Gasteiger charge is -2.19. The van der Waals surface area contributed by atoms with Crippen LogP contribution in [0.1, 0.15) is 58.9 Å². The fourth-order valence-electron chi connectivity index (χ4n) is 2.08. The lowest BCUT2D eigenvalue weighted by molar-refractivity contribution is -0.116. The van der Waals surface area contributed by atoms with Crippen molar-refractivity contribution < 1.29 is 14.3 Å². The standard InChI is InChI=1S/C18H28N2O3/c1-13(2)14-9-6-7-10-15(14)20-16(21)11-8-12-19-17(22)23-18(3,4)5/h6-7,9-10,13H,8,11-12H2,1-5H3,(H,19,22)(H,20,21). The molecular weight excluding hydrogens is 292 g/mol. The summed E-state index contributed by atoms with van der Waals surface area (Å²) in [5.74, 6) is 0.296. The van der Waals surface area contributed by atoms with Crippen molar-refractivity contribution in [1.29, 1.82) is 0 Å². The summed E-state index contributed by atoms with van der Waals surface area (Å²) in [6, 6.07) is 7.80. The maximum absolute atomic E-state index is 12.0. The fraction of sp³-hybridized carbons (Fsp3) is 0.556. The van der Waals surface area contributed by atoms with E-state index in [9.17, 15) is 9.59 Å². The lowest BCUT2D eigenvalue weighted by Crippen LogP contribution is -2.33. The topological polar surface area (TPSA) is 67.4 Å². The third-order valence-electron chi connectivity index (χ3n) is 3.11. The van der Waals surface area contributed by atoms with Crippen molar-refractivity contribution in [2.45, 2.75) is 59.0 Å². The highest BCUT2D eigenvalue weighted by Gasteiger charge is 2.15. The molecule has 0 fully saturated rings. The van der Waals surface area contributed by atoms with Crippen molar-refractivity contribution in [1.82, 2.24) is 5.32 Å². The molecule has 0 heterocycles. The second-order valence-electron chi connectivity index (χ2n) is 6.82. The summed E-state index contributed by atoms with van der Waals surface area (Å²) in [5, 5.41) is 5.58. The van der Waals surface area contributed by atoms with Gasteiger partial charge in [-0.15, -0.1) is 0 Å². The van der Waals surface area contributed by atoms with E-state index >= 15 is 0 Å². The molecule has 23 heavy (non-hydrogen) atoms. The molecule has 1 aromatic carbocycles. The van der Waals surface area contributed by atoms with Gasteiger partial charge in [0.2, 0.25) is 5.91 Å². The number of rotatable bonds is 6. The van der Waals surface area contributed by atoms with E-state index in [2.05, 4.69) is 24.5 Å². The first-order valence-corrected chi connectivity index (χ1v) is 8.04. The molecule has 1 aromatic rings. The summed E-state index contributed by atoms with van der Waals surface area (Å²) in [6.45, 7) is 10.0. The fourth-order valence-corrected chi connectivity index (χ4v) is 2.08. The van der Waals surface area contributed by atoms with Crippen molar-refractivity contribution in [3.05, 3.63) is 29.8 Å². The summed E-state index contributed by atoms with van der Waals surface area (Å²) in [4.78, 5) is 23.5. The first-order valence-electron chi connectivity index (χ1n) is 8.04. The van der Waals surface area contributed by atoms with Gasteiger partial charge in [0.1, 0.15) is 5.60 Å². The number of amides is 2. The van der Waals surface area contributed by atoms with Crippen molar-refractivity contribution in [3.8, 4) is 0 Å². The molecule has 0 unspecified atom stereocenters. The summed E-state index contributed by atoms with van der Waals surface area (Å²) in [6.07, 6.45) is 0.458. The smallest absolute Gasteiger partial charge is 0.407 e. The normalized spacial score (nSPS) is 11.2. The monoisotopic (exact) mass is 320 g/mol. The van der Waals surface area contributed by atoms with Gasteiger partial charge in [-0.2, -0.15) is 0 Å². The van der Waals surface area contributed by atoms with E-state index in [1.54, 1.807) is 0 Å². The molecule has 0 radical (unpaired) electrons. The molecule has 1 rings (SSSR count). The van der Waals surface area contributed by atoms with E-state index in [1.165, 1.54) is 0 Å². The first kappa shape index (κ1) is 19.0. The van der Waals surface area contributed by atoms with Crippen LogP contribution in [0.2, 0.25) is 0 Å². The van der Waals surface area contributed by atoms with Crippen LogP contribution < -0.4 is 10.6 Å². The lowest BCUT2D eigenvalue weighted by atomic mass is 10.0. The Morgan fingerprint density at radius 2 is 1.83 bits per heavy atom. The molecule has 2 N–H and O–H groups in total. The maximum atomic E-state index is 12.0. The summed E-state index contributed by atoms with van der Waals surface area (Å²) in [7, 11) is 0. The van der Waals surface area contributed by atoms with Crippen LogP contribution >= 0.6 is 0 Å². The SMILES string of the molecule is CC(C)c1ccccc1NC(=O)CCCNC(=O)OC(C)(C)C. The number of carbonyl (C=O) groups is 2. The number of ether oxygens (including phenoxy) is 1. The molecule has 0 aromatic heterocycles. The Bertz CT molecular complexity index is 533. The van der Waals surface area contributed by atoms with Gasteiger partial charge in [0, 0.05) is 18.7 Å². The predicted molar refractivity (Wildman–Crippen MR) is 92.6 cm³/mol. The molecule has 0 aliphatic heterocycles. The minimum Gasteiger partial charge on any atom is -0.444 e. The number of hydrogen-bond donors (Lipinski definition) is 2. The minimum absolute atomic E-state index is 0.0518. The van der Waals surface area contributed by atoms with Crippen LogP contribution in [-0.2, 0) is 9.53 Å². The van der Waals surface area contributed by atoms with Gasteiger partial charge in [0.25, 0.3) is 0 Å². The molecule has 0 spiro atoms. The Hall–Kier alpha value is -2.04. The van der Waals surface area contributed by atoms with Gasteiger partial charge in [-0.05, 0) is 44.7 Å². The number of para-hydroxylation sites is 1. The highest BCUT2D eigenvalue weighted by atomic mass is 16.6. The van der Waals surface area contributed by atoms with E-state index < -0.39 is 11.7 Å². The number of benzene rings is 1. The van der Waals surface area contributed by atoms with E-state index in [1.807, 2.05) is 45.0 Å². The first-order chi connectivity index (χ1) is 10.7. The second-order valence-corrected chi connectivity index (χ2v) is 6.82. The molecule has 0 aliphatic rings. The Labute approximate surface area is 138 Å². The van der Waals surface area contributed by atoms with E-state index in [0.717, 1.165) is 11.3 Å². The molecular formula is C18H28N2O3. The van der Waals surface area contributed by atoms with Gasteiger partial charge >= 0.3 is 6.09 Å². The van der Waals surface area contributed by atoms with Crippen LogP contribution in [0, 0.1) is 0 Å². The summed E-state index contributed by atoms with van der Waals surface area (Å²) >= 11 is 0. The highest BCUT2D eigenvalue weighted by molar-refractivity contribution is 5.91. The van der Waals surface area contributed by atoms with Gasteiger partial charge in [0.15, 0.2) is 0 Å². The molecule has 0 saturated heterocycles. The van der Waals surface area contributed by atoms with Crippen LogP contribution in [0.25, 0.3) is 0 Å². The Morgan fingerprint density at radius 3 is 2.43 bits per heavy atom. The zero-order chi connectivity index (χ0) is 17.5. The highest BCUT2D eigenvalue weighted by Crippen LogP contribution is 2.23. The molecule has 0 saturated carbocycles. The van der Waals surface area contributed by atoms with Crippen LogP contribution in [0.15, 0.2) is 24.3 Å². The molecule has 5 heteroatoms. The van der Waals surface area contributed by atoms with Crippen molar-refractivity contribution >= 4 is 17.7 Å². The van der Waals surface area contributed by atoms with Crippen molar-refractivity contribution in [3.63, 3.8) is 0 Å². The van der Waals surface area contributed by atoms with Gasteiger partial charge in [-0.1, -0.05) is 32.0 Å². The average molecular weight is 320 g/mol. The Morgan fingerprint density at radius 1 is 1.17 bits per heavy atom. The number of alkyl carbamates (subject to hydrolysis) is 1. The average Bonchev–Trinajstić information content (AvgIpc) is 2.42. The van der Waals surface area contributed by atoms with Crippen molar-refractivity contribution in [2.24, 2.45) is 0 Å². The summed E-state index contributed by atoms with van der Waals surface area (Å²) in [5.41, 5.74) is 1.46. The molecule has 0 atom stereocenters. The third-order valence-corrected chi connectivity index (χ3v) is 3.11. The molecule has 0 bridgehead atoms. The Balaban J connectivity index is 2.34. The van der Waals surface area contributed by atoms with E-state index in [0.29, 0.717) is 25.3 Å². The largest absolute Gasteiger partial charge is 0.444 e. The maximum Gasteiger partial charge on any atom is 0.407 e. The van der Waals surface area contributed by atoms with Gasteiger partial charge in [0.05, 0.1) is 0 Å². The molecule has 2 amide bonds. The van der Waals surface area contributed by atoms with Crippen molar-refractivity contribution in [2.75, 3.05) is 11.9 Å². The van der Waals surface area contributed by atoms with Gasteiger partial charge in [-0.25, -0.2) is 4.79 Å². The number of hydrogen-bond acceptors (Lipinski definition) is 3. The molecule has 5 nitrogen and oxygen atoms in total. The molecule has 128 valence electrons. The van der Waals surface area contributed by atoms with E-state index in [-0.39, 0.29) is 5.91 Å². The third kappa shape index (κ3) is 7.68. The van der Waals surface area contributed by atoms with Crippen LogP contribution in [0.5, 0.6) is 0 Å². The van der Waals surface area contributed by atoms with Gasteiger partial charge < -0.3 is 15.4 Å². The van der Waals surface area contributed by atoms with Crippen LogP contribution in [0.3, 0.4) is 0 Å². The van der Waals surface area contributed by atoms with E-state index in [4.69, 9.17) is 4.74 Å². The number of anilines is 1. The number of nitrogens with one attached hydrogen (secondary N) is 2. The minimum atomic E-state index is -0.512. The molecule has 0 aliphatic carbocycles. The van der Waals surface area contributed by atoms with Gasteiger partial charge in [-0.3, -0.25) is 4.79 Å².